The predicted octanol–water partition coefficient (Wildman–Crippen LogP) is 5.49. The Kier molecular flexibility index (Phi) is 5.34. The van der Waals surface area contributed by atoms with Crippen LogP contribution in [0.1, 0.15) is 11.3 Å². The van der Waals surface area contributed by atoms with Gasteiger partial charge in [-0.2, -0.15) is 0 Å². The van der Waals surface area contributed by atoms with Crippen LogP contribution in [0.5, 0.6) is 0 Å². The Morgan fingerprint density at radius 1 is 0.839 bits per heavy atom. The van der Waals surface area contributed by atoms with Crippen LogP contribution < -0.4 is 0 Å². The third-order valence-corrected chi connectivity index (χ3v) is 6.49. The van der Waals surface area contributed by atoms with Crippen molar-refractivity contribution in [3.8, 4) is 16.9 Å². The molecule has 5 rings (SSSR count). The number of fused-ring (bicyclic) bond motifs is 1. The molecule has 0 N–H and O–H groups in total. The van der Waals surface area contributed by atoms with Gasteiger partial charge in [0.05, 0.1) is 11.4 Å². The normalized spacial score (nSPS) is 15.6. The first-order valence-electron chi connectivity index (χ1n) is 11.0. The molecule has 3 nitrogen and oxygen atoms in total. The standard InChI is InChI=1S/C27H28FN3/c1-20-23(19-30-16-14-29(2)15-17-30)18-27(22-10-12-24(28)13-11-22)31(20)26-9-5-7-21-6-3-4-8-25(21)26/h3-13,18H,14-17,19H2,1-2H3. The molecule has 158 valence electrons. The minimum absolute atomic E-state index is 0.207. The van der Waals surface area contributed by atoms with E-state index in [1.165, 1.54) is 27.7 Å². The van der Waals surface area contributed by atoms with Crippen molar-refractivity contribution < 1.29 is 4.39 Å². The molecule has 0 radical (unpaired) electrons. The molecule has 0 unspecified atom stereocenters. The second-order valence-electron chi connectivity index (χ2n) is 8.56. The van der Waals surface area contributed by atoms with E-state index in [1.54, 1.807) is 12.1 Å². The lowest BCUT2D eigenvalue weighted by molar-refractivity contribution is 0.148. The first kappa shape index (κ1) is 20.0. The zero-order chi connectivity index (χ0) is 21.4. The summed E-state index contributed by atoms with van der Waals surface area (Å²) in [5.74, 6) is -0.207. The topological polar surface area (TPSA) is 11.4 Å². The quantitative estimate of drug-likeness (QED) is 0.438. The molecule has 1 saturated heterocycles. The van der Waals surface area contributed by atoms with Crippen molar-refractivity contribution in [2.24, 2.45) is 0 Å². The van der Waals surface area contributed by atoms with Crippen molar-refractivity contribution in [3.63, 3.8) is 0 Å². The van der Waals surface area contributed by atoms with Gasteiger partial charge in [-0.3, -0.25) is 4.90 Å². The number of piperazine rings is 1. The lowest BCUT2D eigenvalue weighted by Crippen LogP contribution is -2.43. The van der Waals surface area contributed by atoms with E-state index < -0.39 is 0 Å². The average molecular weight is 414 g/mol. The van der Waals surface area contributed by atoms with E-state index in [0.717, 1.165) is 44.0 Å². The maximum Gasteiger partial charge on any atom is 0.123 e. The van der Waals surface area contributed by atoms with E-state index in [4.69, 9.17) is 0 Å². The molecule has 3 aromatic carbocycles. The Balaban J connectivity index is 1.65. The van der Waals surface area contributed by atoms with Gasteiger partial charge in [-0.25, -0.2) is 4.39 Å². The first-order valence-corrected chi connectivity index (χ1v) is 11.0. The van der Waals surface area contributed by atoms with Gasteiger partial charge in [0.2, 0.25) is 0 Å². The number of hydrogen-bond acceptors (Lipinski definition) is 2. The summed E-state index contributed by atoms with van der Waals surface area (Å²) < 4.78 is 16.0. The number of nitrogens with zero attached hydrogens (tertiary/aromatic N) is 3. The summed E-state index contributed by atoms with van der Waals surface area (Å²) in [5.41, 5.74) is 5.88. The van der Waals surface area contributed by atoms with Crippen LogP contribution in [0.25, 0.3) is 27.7 Å². The molecule has 0 aliphatic carbocycles. The molecule has 31 heavy (non-hydrogen) atoms. The summed E-state index contributed by atoms with van der Waals surface area (Å²) in [6.45, 7) is 7.52. The Labute approximate surface area is 183 Å². The largest absolute Gasteiger partial charge is 0.313 e. The third-order valence-electron chi connectivity index (χ3n) is 6.49. The molecule has 0 saturated carbocycles. The van der Waals surface area contributed by atoms with E-state index in [9.17, 15) is 4.39 Å². The fourth-order valence-electron chi connectivity index (χ4n) is 4.61. The third kappa shape index (κ3) is 3.89. The van der Waals surface area contributed by atoms with Crippen LogP contribution in [0.2, 0.25) is 0 Å². The van der Waals surface area contributed by atoms with Crippen molar-refractivity contribution >= 4 is 10.8 Å². The summed E-state index contributed by atoms with van der Waals surface area (Å²) in [6, 6.07) is 24.1. The summed E-state index contributed by atoms with van der Waals surface area (Å²) >= 11 is 0. The summed E-state index contributed by atoms with van der Waals surface area (Å²) in [6.07, 6.45) is 0. The molecule has 1 fully saturated rings. The van der Waals surface area contributed by atoms with Crippen LogP contribution in [0.4, 0.5) is 4.39 Å². The van der Waals surface area contributed by atoms with E-state index in [2.05, 4.69) is 76.9 Å². The number of halogens is 1. The van der Waals surface area contributed by atoms with E-state index in [1.807, 2.05) is 12.1 Å². The number of rotatable bonds is 4. The minimum Gasteiger partial charge on any atom is -0.313 e. The van der Waals surface area contributed by atoms with Crippen LogP contribution in [0, 0.1) is 12.7 Å². The van der Waals surface area contributed by atoms with Crippen LogP contribution in [-0.4, -0.2) is 47.6 Å². The zero-order valence-corrected chi connectivity index (χ0v) is 18.2. The van der Waals surface area contributed by atoms with Crippen LogP contribution in [0.15, 0.2) is 72.8 Å². The first-order chi connectivity index (χ1) is 15.1. The fraction of sp³-hybridized carbons (Fsp3) is 0.259. The maximum absolute atomic E-state index is 13.6. The highest BCUT2D eigenvalue weighted by atomic mass is 19.1. The SMILES string of the molecule is Cc1c(CN2CCN(C)CC2)cc(-c2ccc(F)cc2)n1-c1cccc2ccccc12. The molecular weight excluding hydrogens is 385 g/mol. The number of aromatic nitrogens is 1. The predicted molar refractivity (Wildman–Crippen MR) is 126 cm³/mol. The highest BCUT2D eigenvalue weighted by molar-refractivity contribution is 5.91. The number of benzene rings is 3. The molecule has 0 atom stereocenters. The second kappa shape index (κ2) is 8.29. The Bertz CT molecular complexity index is 1200. The maximum atomic E-state index is 13.6. The van der Waals surface area contributed by atoms with Gasteiger partial charge in [0, 0.05) is 43.8 Å². The lowest BCUT2D eigenvalue weighted by Gasteiger charge is -2.32. The smallest absolute Gasteiger partial charge is 0.123 e. The summed E-state index contributed by atoms with van der Waals surface area (Å²) in [5, 5.41) is 2.44. The van der Waals surface area contributed by atoms with Gasteiger partial charge >= 0.3 is 0 Å². The highest BCUT2D eigenvalue weighted by Gasteiger charge is 2.20. The van der Waals surface area contributed by atoms with Gasteiger partial charge in [0.25, 0.3) is 0 Å². The van der Waals surface area contributed by atoms with Crippen LogP contribution in [-0.2, 0) is 6.54 Å². The minimum atomic E-state index is -0.207. The average Bonchev–Trinajstić information content (AvgIpc) is 3.11. The van der Waals surface area contributed by atoms with Crippen molar-refractivity contribution in [1.29, 1.82) is 0 Å². The monoisotopic (exact) mass is 413 g/mol. The molecular formula is C27H28FN3. The molecule has 0 amide bonds. The Morgan fingerprint density at radius 2 is 1.55 bits per heavy atom. The zero-order valence-electron chi connectivity index (χ0n) is 18.2. The molecule has 1 aliphatic heterocycles. The molecule has 4 heteroatoms. The molecule has 0 bridgehead atoms. The molecule has 0 spiro atoms. The number of hydrogen-bond donors (Lipinski definition) is 0. The van der Waals surface area contributed by atoms with Crippen LogP contribution >= 0.6 is 0 Å². The number of likely N-dealkylation sites (N-methyl/N-ethyl adjacent to an activating group) is 1. The highest BCUT2D eigenvalue weighted by Crippen LogP contribution is 2.33. The second-order valence-corrected chi connectivity index (χ2v) is 8.56. The van der Waals surface area contributed by atoms with Crippen molar-refractivity contribution in [1.82, 2.24) is 14.4 Å². The van der Waals surface area contributed by atoms with Gasteiger partial charge in [-0.15, -0.1) is 0 Å². The summed E-state index contributed by atoms with van der Waals surface area (Å²) in [4.78, 5) is 4.92. The molecule has 1 aromatic heterocycles. The molecule has 2 heterocycles. The van der Waals surface area contributed by atoms with E-state index >= 15 is 0 Å². The van der Waals surface area contributed by atoms with Crippen molar-refractivity contribution in [3.05, 3.63) is 89.9 Å². The Morgan fingerprint density at radius 3 is 2.32 bits per heavy atom. The van der Waals surface area contributed by atoms with E-state index in [0.29, 0.717) is 0 Å². The van der Waals surface area contributed by atoms with E-state index in [-0.39, 0.29) is 5.82 Å². The lowest BCUT2D eigenvalue weighted by atomic mass is 10.1. The molecule has 1 aliphatic rings. The van der Waals surface area contributed by atoms with Crippen molar-refractivity contribution in [2.75, 3.05) is 33.2 Å². The Hall–Kier alpha value is -2.95. The van der Waals surface area contributed by atoms with Gasteiger partial charge in [-0.1, -0.05) is 36.4 Å². The van der Waals surface area contributed by atoms with Gasteiger partial charge in [0.1, 0.15) is 5.82 Å². The van der Waals surface area contributed by atoms with Gasteiger partial charge in [-0.05, 0) is 66.9 Å². The van der Waals surface area contributed by atoms with Crippen molar-refractivity contribution in [2.45, 2.75) is 13.5 Å². The van der Waals surface area contributed by atoms with Crippen LogP contribution in [0.3, 0.4) is 0 Å². The van der Waals surface area contributed by atoms with Gasteiger partial charge in [0.15, 0.2) is 0 Å². The van der Waals surface area contributed by atoms with Gasteiger partial charge < -0.3 is 9.47 Å². The fourth-order valence-corrected chi connectivity index (χ4v) is 4.61. The molecule has 4 aromatic rings. The summed E-state index contributed by atoms with van der Waals surface area (Å²) in [7, 11) is 2.19.